The quantitative estimate of drug-likeness (QED) is 0.895. The third kappa shape index (κ3) is 2.91. The van der Waals surface area contributed by atoms with Crippen molar-refractivity contribution in [3.8, 4) is 5.75 Å². The van der Waals surface area contributed by atoms with E-state index in [1.54, 1.807) is 13.3 Å². The van der Waals surface area contributed by atoms with Crippen LogP contribution in [0, 0.1) is 0 Å². The topological polar surface area (TPSA) is 48.1 Å². The molecule has 0 aliphatic carbocycles. The van der Waals surface area contributed by atoms with E-state index >= 15 is 0 Å². The van der Waals surface area contributed by atoms with Gasteiger partial charge in [0.2, 0.25) is 0 Å². The molecule has 2 rings (SSSR count). The molecule has 0 aliphatic heterocycles. The summed E-state index contributed by atoms with van der Waals surface area (Å²) in [5.74, 6) is 0.695. The Morgan fingerprint density at radius 1 is 1.22 bits per heavy atom. The zero-order valence-electron chi connectivity index (χ0n) is 9.73. The molecule has 0 saturated carbocycles. The number of aromatic nitrogens is 1. The average Bonchev–Trinajstić information content (AvgIpc) is 2.36. The number of nitrogens with zero attached hydrogens (tertiary/aromatic N) is 1. The molecule has 2 N–H and O–H groups in total. The van der Waals surface area contributed by atoms with E-state index in [1.807, 2.05) is 30.3 Å². The molecule has 18 heavy (non-hydrogen) atoms. The van der Waals surface area contributed by atoms with Crippen LogP contribution < -0.4 is 10.5 Å². The van der Waals surface area contributed by atoms with Gasteiger partial charge in [0.15, 0.2) is 0 Å². The standard InChI is InChI=1S/C13H12Br2N2O/c1-18-11-3-2-4-17-13(11)12(16)8-5-9(14)7-10(15)6-8/h2-7,12H,16H2,1H3. The van der Waals surface area contributed by atoms with Gasteiger partial charge in [0.25, 0.3) is 0 Å². The van der Waals surface area contributed by atoms with Gasteiger partial charge in [-0.05, 0) is 35.9 Å². The average molecular weight is 372 g/mol. The number of nitrogens with two attached hydrogens (primary N) is 1. The summed E-state index contributed by atoms with van der Waals surface area (Å²) in [6.45, 7) is 0. The van der Waals surface area contributed by atoms with Crippen LogP contribution in [0.1, 0.15) is 17.3 Å². The van der Waals surface area contributed by atoms with Crippen molar-refractivity contribution in [3.63, 3.8) is 0 Å². The number of hydrogen-bond donors (Lipinski definition) is 1. The number of rotatable bonds is 3. The minimum absolute atomic E-state index is 0.324. The van der Waals surface area contributed by atoms with Crippen LogP contribution in [0.5, 0.6) is 5.75 Å². The van der Waals surface area contributed by atoms with E-state index in [1.165, 1.54) is 0 Å². The highest BCUT2D eigenvalue weighted by Gasteiger charge is 2.16. The SMILES string of the molecule is COc1cccnc1C(N)c1cc(Br)cc(Br)c1. The minimum Gasteiger partial charge on any atom is -0.495 e. The summed E-state index contributed by atoms with van der Waals surface area (Å²) >= 11 is 6.90. The van der Waals surface area contributed by atoms with Crippen LogP contribution in [-0.4, -0.2) is 12.1 Å². The summed E-state index contributed by atoms with van der Waals surface area (Å²) in [7, 11) is 1.62. The lowest BCUT2D eigenvalue weighted by molar-refractivity contribution is 0.404. The van der Waals surface area contributed by atoms with Crippen LogP contribution in [-0.2, 0) is 0 Å². The van der Waals surface area contributed by atoms with Gasteiger partial charge in [-0.3, -0.25) is 4.98 Å². The summed E-state index contributed by atoms with van der Waals surface area (Å²) in [5.41, 5.74) is 7.94. The zero-order valence-corrected chi connectivity index (χ0v) is 12.9. The highest BCUT2D eigenvalue weighted by Crippen LogP contribution is 2.29. The van der Waals surface area contributed by atoms with E-state index in [9.17, 15) is 0 Å². The van der Waals surface area contributed by atoms with Gasteiger partial charge >= 0.3 is 0 Å². The van der Waals surface area contributed by atoms with Crippen molar-refractivity contribution < 1.29 is 4.74 Å². The van der Waals surface area contributed by atoms with Crippen molar-refractivity contribution in [2.45, 2.75) is 6.04 Å². The van der Waals surface area contributed by atoms with Gasteiger partial charge in [0, 0.05) is 15.1 Å². The third-order valence-corrected chi connectivity index (χ3v) is 3.47. The third-order valence-electron chi connectivity index (χ3n) is 2.56. The van der Waals surface area contributed by atoms with E-state index < -0.39 is 0 Å². The lowest BCUT2D eigenvalue weighted by atomic mass is 10.0. The van der Waals surface area contributed by atoms with E-state index in [-0.39, 0.29) is 6.04 Å². The van der Waals surface area contributed by atoms with Crippen molar-refractivity contribution >= 4 is 31.9 Å². The number of benzene rings is 1. The summed E-state index contributed by atoms with van der Waals surface area (Å²) < 4.78 is 7.22. The summed E-state index contributed by atoms with van der Waals surface area (Å²) in [4.78, 5) is 4.30. The fourth-order valence-electron chi connectivity index (χ4n) is 1.72. The van der Waals surface area contributed by atoms with Crippen molar-refractivity contribution in [2.75, 3.05) is 7.11 Å². The second-order valence-corrected chi connectivity index (χ2v) is 5.60. The molecule has 0 saturated heterocycles. The van der Waals surface area contributed by atoms with Crippen molar-refractivity contribution in [1.29, 1.82) is 0 Å². The van der Waals surface area contributed by atoms with E-state index in [2.05, 4.69) is 36.8 Å². The number of pyridine rings is 1. The van der Waals surface area contributed by atoms with Crippen LogP contribution in [0.25, 0.3) is 0 Å². The number of halogens is 2. The van der Waals surface area contributed by atoms with Crippen LogP contribution >= 0.6 is 31.9 Å². The first kappa shape index (κ1) is 13.5. The van der Waals surface area contributed by atoms with Crippen molar-refractivity contribution in [3.05, 3.63) is 56.7 Å². The molecule has 3 nitrogen and oxygen atoms in total. The molecule has 5 heteroatoms. The normalized spacial score (nSPS) is 12.2. The van der Waals surface area contributed by atoms with Crippen LogP contribution in [0.15, 0.2) is 45.5 Å². The molecule has 0 radical (unpaired) electrons. The molecular formula is C13H12Br2N2O. The first-order valence-electron chi connectivity index (χ1n) is 5.32. The van der Waals surface area contributed by atoms with Crippen LogP contribution in [0.4, 0.5) is 0 Å². The van der Waals surface area contributed by atoms with Crippen molar-refractivity contribution in [2.24, 2.45) is 5.73 Å². The molecule has 0 aliphatic rings. The van der Waals surface area contributed by atoms with Crippen LogP contribution in [0.3, 0.4) is 0 Å². The van der Waals surface area contributed by atoms with E-state index in [0.29, 0.717) is 5.75 Å². The molecule has 1 aromatic heterocycles. The van der Waals surface area contributed by atoms with E-state index in [4.69, 9.17) is 10.5 Å². The Labute approximate surface area is 123 Å². The molecule has 1 aromatic carbocycles. The van der Waals surface area contributed by atoms with Gasteiger partial charge < -0.3 is 10.5 Å². The van der Waals surface area contributed by atoms with Gasteiger partial charge in [-0.2, -0.15) is 0 Å². The Kier molecular flexibility index (Phi) is 4.37. The summed E-state index contributed by atoms with van der Waals surface area (Å²) in [6, 6.07) is 9.27. The lowest BCUT2D eigenvalue weighted by Crippen LogP contribution is -2.14. The first-order valence-corrected chi connectivity index (χ1v) is 6.91. The second kappa shape index (κ2) is 5.82. The molecule has 0 amide bonds. The fourth-order valence-corrected chi connectivity index (χ4v) is 3.05. The molecule has 1 atom stereocenters. The van der Waals surface area contributed by atoms with Crippen molar-refractivity contribution in [1.82, 2.24) is 4.98 Å². The minimum atomic E-state index is -0.324. The number of methoxy groups -OCH3 is 1. The van der Waals surface area contributed by atoms with Gasteiger partial charge in [-0.1, -0.05) is 31.9 Å². The largest absolute Gasteiger partial charge is 0.495 e. The zero-order chi connectivity index (χ0) is 13.1. The molecule has 0 bridgehead atoms. The van der Waals surface area contributed by atoms with Gasteiger partial charge in [-0.15, -0.1) is 0 Å². The maximum Gasteiger partial charge on any atom is 0.142 e. The number of ether oxygens (including phenoxy) is 1. The van der Waals surface area contributed by atoms with Gasteiger partial charge in [0.05, 0.1) is 13.2 Å². The Bertz CT molecular complexity index is 540. The maximum atomic E-state index is 6.25. The highest BCUT2D eigenvalue weighted by molar-refractivity contribution is 9.11. The lowest BCUT2D eigenvalue weighted by Gasteiger charge is -2.15. The number of hydrogen-bond acceptors (Lipinski definition) is 3. The molecule has 2 aromatic rings. The fraction of sp³-hybridized carbons (Fsp3) is 0.154. The Balaban J connectivity index is 2.44. The predicted octanol–water partition coefficient (Wildman–Crippen LogP) is 3.66. The van der Waals surface area contributed by atoms with Gasteiger partial charge in [-0.25, -0.2) is 0 Å². The van der Waals surface area contributed by atoms with Gasteiger partial charge in [0.1, 0.15) is 11.4 Å². The molecule has 94 valence electrons. The summed E-state index contributed by atoms with van der Waals surface area (Å²) in [6.07, 6.45) is 1.71. The second-order valence-electron chi connectivity index (χ2n) is 3.77. The highest BCUT2D eigenvalue weighted by atomic mass is 79.9. The monoisotopic (exact) mass is 370 g/mol. The summed E-state index contributed by atoms with van der Waals surface area (Å²) in [5, 5.41) is 0. The Morgan fingerprint density at radius 2 is 1.89 bits per heavy atom. The molecule has 1 heterocycles. The smallest absolute Gasteiger partial charge is 0.142 e. The Hall–Kier alpha value is -0.910. The predicted molar refractivity (Wildman–Crippen MR) is 78.7 cm³/mol. The van der Waals surface area contributed by atoms with E-state index in [0.717, 1.165) is 20.2 Å². The molecule has 0 fully saturated rings. The Morgan fingerprint density at radius 3 is 2.50 bits per heavy atom. The maximum absolute atomic E-state index is 6.25. The molecule has 0 spiro atoms. The first-order chi connectivity index (χ1) is 8.61. The molecular weight excluding hydrogens is 360 g/mol. The molecule has 1 unspecified atom stereocenters. The van der Waals surface area contributed by atoms with Crippen LogP contribution in [0.2, 0.25) is 0 Å².